The molecule has 2 heterocycles. The highest BCUT2D eigenvalue weighted by molar-refractivity contribution is 6.30. The van der Waals surface area contributed by atoms with Gasteiger partial charge < -0.3 is 15.5 Å². The Bertz CT molecular complexity index is 820. The largest absolute Gasteiger partial charge is 0.355 e. The molecule has 2 N–H and O–H groups in total. The van der Waals surface area contributed by atoms with Crippen LogP contribution in [0.2, 0.25) is 5.02 Å². The number of halogens is 1. The summed E-state index contributed by atoms with van der Waals surface area (Å²) in [5, 5.41) is 15.4. The van der Waals surface area contributed by atoms with Crippen LogP contribution in [0.4, 0.5) is 16.3 Å². The molecule has 0 spiro atoms. The van der Waals surface area contributed by atoms with Crippen molar-refractivity contribution >= 4 is 29.1 Å². The quantitative estimate of drug-likeness (QED) is 0.843. The number of nitrogens with one attached hydrogen (secondary N) is 2. The second kappa shape index (κ2) is 8.13. The average molecular weight is 386 g/mol. The number of anilines is 2. The van der Waals surface area contributed by atoms with E-state index in [2.05, 4.69) is 31.8 Å². The summed E-state index contributed by atoms with van der Waals surface area (Å²) >= 11 is 5.95. The average Bonchev–Trinajstić information content (AvgIpc) is 2.68. The number of nitrogens with zero attached hydrogens (tertiary/aromatic N) is 3. The molecule has 6 nitrogen and oxygen atoms in total. The van der Waals surface area contributed by atoms with E-state index >= 15 is 0 Å². The van der Waals surface area contributed by atoms with E-state index in [-0.39, 0.29) is 12.1 Å². The van der Waals surface area contributed by atoms with Crippen molar-refractivity contribution in [1.29, 1.82) is 0 Å². The van der Waals surface area contributed by atoms with Gasteiger partial charge in [-0.2, -0.15) is 5.10 Å². The number of carbonyl (C=O) groups is 1. The standard InChI is InChI=1S/C20H24ClN5O/c21-15-5-3-6-17(13-15)23-20(27)22-16-8-10-26(11-9-16)19-12-14-4-1-2-7-18(14)24-25-19/h3,5-6,12-13,16H,1-2,4,7-11H2,(H2,22,23,27). The Morgan fingerprint density at radius 3 is 2.74 bits per heavy atom. The summed E-state index contributed by atoms with van der Waals surface area (Å²) in [7, 11) is 0. The lowest BCUT2D eigenvalue weighted by molar-refractivity contribution is 0.246. The van der Waals surface area contributed by atoms with Crippen molar-refractivity contribution in [3.05, 3.63) is 46.6 Å². The lowest BCUT2D eigenvalue weighted by atomic mass is 9.96. The van der Waals surface area contributed by atoms with Crippen LogP contribution in [0.1, 0.15) is 36.9 Å². The van der Waals surface area contributed by atoms with Gasteiger partial charge in [0, 0.05) is 29.8 Å². The van der Waals surface area contributed by atoms with Gasteiger partial charge >= 0.3 is 6.03 Å². The van der Waals surface area contributed by atoms with Gasteiger partial charge in [-0.05, 0) is 68.4 Å². The van der Waals surface area contributed by atoms with E-state index < -0.39 is 0 Å². The Morgan fingerprint density at radius 2 is 1.93 bits per heavy atom. The molecule has 1 saturated heterocycles. The van der Waals surface area contributed by atoms with Crippen molar-refractivity contribution in [1.82, 2.24) is 15.5 Å². The Labute approximate surface area is 164 Å². The van der Waals surface area contributed by atoms with Crippen molar-refractivity contribution in [2.45, 2.75) is 44.6 Å². The van der Waals surface area contributed by atoms with Crippen LogP contribution in [0, 0.1) is 0 Å². The number of aromatic nitrogens is 2. The summed E-state index contributed by atoms with van der Waals surface area (Å²) in [6.07, 6.45) is 6.40. The molecule has 0 unspecified atom stereocenters. The van der Waals surface area contributed by atoms with Crippen molar-refractivity contribution in [2.75, 3.05) is 23.3 Å². The molecule has 4 rings (SSSR count). The maximum absolute atomic E-state index is 12.2. The van der Waals surface area contributed by atoms with Gasteiger partial charge in [0.05, 0.1) is 5.69 Å². The first-order valence-electron chi connectivity index (χ1n) is 9.61. The summed E-state index contributed by atoms with van der Waals surface area (Å²) in [4.78, 5) is 14.5. The van der Waals surface area contributed by atoms with Crippen LogP contribution in [0.3, 0.4) is 0 Å². The van der Waals surface area contributed by atoms with Crippen LogP contribution in [-0.4, -0.2) is 35.4 Å². The van der Waals surface area contributed by atoms with Crippen LogP contribution < -0.4 is 15.5 Å². The Kier molecular flexibility index (Phi) is 5.43. The highest BCUT2D eigenvalue weighted by atomic mass is 35.5. The number of piperidine rings is 1. The summed E-state index contributed by atoms with van der Waals surface area (Å²) in [6.45, 7) is 1.74. The van der Waals surface area contributed by atoms with E-state index in [4.69, 9.17) is 11.6 Å². The number of aryl methyl sites for hydroxylation is 2. The third-order valence-corrected chi connectivity index (χ3v) is 5.53. The van der Waals surface area contributed by atoms with Crippen LogP contribution >= 0.6 is 11.6 Å². The maximum Gasteiger partial charge on any atom is 0.319 e. The topological polar surface area (TPSA) is 70.2 Å². The van der Waals surface area contributed by atoms with E-state index in [0.717, 1.165) is 44.6 Å². The number of urea groups is 1. The smallest absolute Gasteiger partial charge is 0.319 e. The summed E-state index contributed by atoms with van der Waals surface area (Å²) in [5.74, 6) is 0.970. The van der Waals surface area contributed by atoms with Crippen LogP contribution in [0.15, 0.2) is 30.3 Å². The first-order valence-corrected chi connectivity index (χ1v) is 9.99. The third-order valence-electron chi connectivity index (χ3n) is 5.29. The van der Waals surface area contributed by atoms with Gasteiger partial charge in [0.2, 0.25) is 0 Å². The fourth-order valence-electron chi connectivity index (χ4n) is 3.80. The first-order chi connectivity index (χ1) is 13.2. The number of rotatable bonds is 3. The van der Waals surface area contributed by atoms with E-state index in [0.29, 0.717) is 10.7 Å². The van der Waals surface area contributed by atoms with Crippen molar-refractivity contribution < 1.29 is 4.79 Å². The Morgan fingerprint density at radius 1 is 1.11 bits per heavy atom. The molecular weight excluding hydrogens is 362 g/mol. The van der Waals surface area contributed by atoms with Gasteiger partial charge in [0.15, 0.2) is 5.82 Å². The molecule has 1 aromatic heterocycles. The van der Waals surface area contributed by atoms with Gasteiger partial charge in [-0.1, -0.05) is 17.7 Å². The minimum Gasteiger partial charge on any atom is -0.355 e. The number of benzene rings is 1. The minimum atomic E-state index is -0.190. The Balaban J connectivity index is 1.29. The molecule has 1 aromatic carbocycles. The van der Waals surface area contributed by atoms with Crippen LogP contribution in [0.5, 0.6) is 0 Å². The minimum absolute atomic E-state index is 0.158. The molecule has 2 amide bonds. The van der Waals surface area contributed by atoms with Gasteiger partial charge in [-0.25, -0.2) is 4.79 Å². The zero-order chi connectivity index (χ0) is 18.6. The molecule has 1 fully saturated rings. The Hall–Kier alpha value is -2.34. The van der Waals surface area contributed by atoms with E-state index in [1.54, 1.807) is 12.1 Å². The molecule has 142 valence electrons. The predicted octanol–water partition coefficient (Wildman–Crippen LogP) is 3.80. The van der Waals surface area contributed by atoms with Crippen molar-refractivity contribution in [3.8, 4) is 0 Å². The molecule has 1 aliphatic heterocycles. The maximum atomic E-state index is 12.2. The summed E-state index contributed by atoms with van der Waals surface area (Å²) in [5.41, 5.74) is 3.22. The van der Waals surface area contributed by atoms with Gasteiger partial charge in [0.25, 0.3) is 0 Å². The second-order valence-electron chi connectivity index (χ2n) is 7.25. The lowest BCUT2D eigenvalue weighted by Gasteiger charge is -2.33. The number of carbonyl (C=O) groups excluding carboxylic acids is 1. The predicted molar refractivity (Wildman–Crippen MR) is 108 cm³/mol. The number of fused-ring (bicyclic) bond motifs is 1. The summed E-state index contributed by atoms with van der Waals surface area (Å²) < 4.78 is 0. The number of hydrogen-bond donors (Lipinski definition) is 2. The number of amides is 2. The molecule has 0 radical (unpaired) electrons. The highest BCUT2D eigenvalue weighted by Crippen LogP contribution is 2.24. The van der Waals surface area contributed by atoms with Gasteiger partial charge in [-0.3, -0.25) is 0 Å². The van der Waals surface area contributed by atoms with Crippen LogP contribution in [0.25, 0.3) is 0 Å². The van der Waals surface area contributed by atoms with E-state index in [1.807, 2.05) is 12.1 Å². The normalized spacial score (nSPS) is 17.3. The van der Waals surface area contributed by atoms with Crippen LogP contribution in [-0.2, 0) is 12.8 Å². The van der Waals surface area contributed by atoms with E-state index in [9.17, 15) is 4.79 Å². The zero-order valence-corrected chi connectivity index (χ0v) is 16.0. The SMILES string of the molecule is O=C(Nc1cccc(Cl)c1)NC1CCN(c2cc3c(nn2)CCCC3)CC1. The molecule has 0 atom stereocenters. The molecular formula is C20H24ClN5O. The second-order valence-corrected chi connectivity index (χ2v) is 7.69. The number of hydrogen-bond acceptors (Lipinski definition) is 4. The first kappa shape index (κ1) is 18.0. The highest BCUT2D eigenvalue weighted by Gasteiger charge is 2.23. The van der Waals surface area contributed by atoms with Crippen molar-refractivity contribution in [2.24, 2.45) is 0 Å². The zero-order valence-electron chi connectivity index (χ0n) is 15.2. The molecule has 2 aromatic rings. The fraction of sp³-hybridized carbons (Fsp3) is 0.450. The molecule has 2 aliphatic rings. The third kappa shape index (κ3) is 4.50. The molecule has 0 bridgehead atoms. The van der Waals surface area contributed by atoms with E-state index in [1.165, 1.54) is 24.1 Å². The summed E-state index contributed by atoms with van der Waals surface area (Å²) in [6, 6.07) is 9.33. The molecule has 0 saturated carbocycles. The monoisotopic (exact) mass is 385 g/mol. The van der Waals surface area contributed by atoms with Gasteiger partial charge in [0.1, 0.15) is 0 Å². The molecule has 7 heteroatoms. The lowest BCUT2D eigenvalue weighted by Crippen LogP contribution is -2.46. The van der Waals surface area contributed by atoms with Crippen molar-refractivity contribution in [3.63, 3.8) is 0 Å². The molecule has 1 aliphatic carbocycles. The molecule has 27 heavy (non-hydrogen) atoms. The van der Waals surface area contributed by atoms with Gasteiger partial charge in [-0.15, -0.1) is 5.10 Å². The fourth-order valence-corrected chi connectivity index (χ4v) is 4.00.